The van der Waals surface area contributed by atoms with Gasteiger partial charge in [0.2, 0.25) is 0 Å². The van der Waals surface area contributed by atoms with Crippen LogP contribution in [-0.4, -0.2) is 9.55 Å². The summed E-state index contributed by atoms with van der Waals surface area (Å²) in [5.74, 6) is 0. The van der Waals surface area contributed by atoms with Gasteiger partial charge in [-0.3, -0.25) is 0 Å². The van der Waals surface area contributed by atoms with Gasteiger partial charge < -0.3 is 4.57 Å². The minimum atomic E-state index is 1.02. The topological polar surface area (TPSA) is 17.8 Å². The number of nitrogens with zero attached hydrogens (tertiary/aromatic N) is 2. The third-order valence-corrected chi connectivity index (χ3v) is 4.91. The molecule has 0 amide bonds. The number of hydrogen-bond acceptors (Lipinski definition) is 2. The van der Waals surface area contributed by atoms with Crippen molar-refractivity contribution in [3.05, 3.63) is 52.1 Å². The first-order valence-corrected chi connectivity index (χ1v) is 7.88. The lowest BCUT2D eigenvalue weighted by molar-refractivity contribution is 0.684. The third kappa shape index (κ3) is 1.78. The van der Waals surface area contributed by atoms with E-state index < -0.39 is 0 Å². The third-order valence-electron chi connectivity index (χ3n) is 3.54. The molecule has 0 saturated heterocycles. The number of halogens is 1. The van der Waals surface area contributed by atoms with E-state index in [1.165, 1.54) is 21.7 Å². The molecule has 4 heteroatoms. The van der Waals surface area contributed by atoms with Gasteiger partial charge in [0.1, 0.15) is 5.69 Å². The Bertz CT molecular complexity index is 744. The van der Waals surface area contributed by atoms with E-state index >= 15 is 0 Å². The van der Waals surface area contributed by atoms with Gasteiger partial charge in [-0.25, -0.2) is 4.98 Å². The number of thiophene rings is 1. The van der Waals surface area contributed by atoms with E-state index in [1.54, 1.807) is 11.3 Å². The molecule has 0 unspecified atom stereocenters. The zero-order valence-corrected chi connectivity index (χ0v) is 12.5. The Labute approximate surface area is 123 Å². The maximum atomic E-state index is 4.63. The molecule has 2 aromatic heterocycles. The average Bonchev–Trinajstić information content (AvgIpc) is 3.07. The molecule has 3 heterocycles. The highest BCUT2D eigenvalue weighted by Gasteiger charge is 2.21. The molecule has 0 radical (unpaired) electrons. The van der Waals surface area contributed by atoms with Crippen molar-refractivity contribution in [3.8, 4) is 21.8 Å². The van der Waals surface area contributed by atoms with Crippen LogP contribution in [0.4, 0.5) is 0 Å². The molecule has 0 bridgehead atoms. The Balaban J connectivity index is 2.00. The van der Waals surface area contributed by atoms with Crippen molar-refractivity contribution in [2.45, 2.75) is 13.0 Å². The Hall–Kier alpha value is -1.39. The summed E-state index contributed by atoms with van der Waals surface area (Å²) in [6.07, 6.45) is 3.05. The minimum Gasteiger partial charge on any atom is -0.330 e. The monoisotopic (exact) mass is 330 g/mol. The predicted octanol–water partition coefficient (Wildman–Crippen LogP) is 4.60. The Morgan fingerprint density at radius 2 is 2.21 bits per heavy atom. The Morgan fingerprint density at radius 1 is 1.26 bits per heavy atom. The molecule has 4 rings (SSSR count). The molecule has 0 N–H and O–H groups in total. The summed E-state index contributed by atoms with van der Waals surface area (Å²) < 4.78 is 3.39. The largest absolute Gasteiger partial charge is 0.330 e. The number of hydrogen-bond donors (Lipinski definition) is 0. The summed E-state index contributed by atoms with van der Waals surface area (Å²) in [5, 5.41) is 2.10. The molecular weight excluding hydrogens is 320 g/mol. The van der Waals surface area contributed by atoms with E-state index in [2.05, 4.69) is 61.2 Å². The van der Waals surface area contributed by atoms with Gasteiger partial charge in [0.05, 0.1) is 16.9 Å². The number of benzene rings is 1. The number of aryl methyl sites for hydroxylation is 2. The molecule has 19 heavy (non-hydrogen) atoms. The van der Waals surface area contributed by atoms with Crippen molar-refractivity contribution < 1.29 is 0 Å². The second kappa shape index (κ2) is 4.32. The molecule has 3 aromatic rings. The highest BCUT2D eigenvalue weighted by Crippen LogP contribution is 2.39. The highest BCUT2D eigenvalue weighted by molar-refractivity contribution is 9.10. The lowest BCUT2D eigenvalue weighted by Gasteiger charge is -2.19. The lowest BCUT2D eigenvalue weighted by atomic mass is 9.97. The summed E-state index contributed by atoms with van der Waals surface area (Å²) in [7, 11) is 0. The van der Waals surface area contributed by atoms with Crippen LogP contribution in [0.15, 0.2) is 46.5 Å². The van der Waals surface area contributed by atoms with Crippen LogP contribution in [-0.2, 0) is 13.0 Å². The van der Waals surface area contributed by atoms with Crippen molar-refractivity contribution in [1.29, 1.82) is 0 Å². The van der Waals surface area contributed by atoms with E-state index in [-0.39, 0.29) is 0 Å². The molecule has 0 aliphatic carbocycles. The van der Waals surface area contributed by atoms with Gasteiger partial charge in [0.15, 0.2) is 0 Å². The van der Waals surface area contributed by atoms with Crippen molar-refractivity contribution in [1.82, 2.24) is 9.55 Å². The Kier molecular flexibility index (Phi) is 2.60. The number of aromatic nitrogens is 2. The zero-order chi connectivity index (χ0) is 12.8. The molecule has 94 valence electrons. The number of rotatable bonds is 1. The normalized spacial score (nSPS) is 13.1. The molecule has 0 spiro atoms. The summed E-state index contributed by atoms with van der Waals surface area (Å²) in [6.45, 7) is 1.02. The minimum absolute atomic E-state index is 1.02. The first-order valence-electron chi connectivity index (χ1n) is 6.21. The van der Waals surface area contributed by atoms with Crippen LogP contribution in [0.1, 0.15) is 5.56 Å². The van der Waals surface area contributed by atoms with E-state index in [1.807, 2.05) is 6.33 Å². The summed E-state index contributed by atoms with van der Waals surface area (Å²) in [4.78, 5) is 5.86. The van der Waals surface area contributed by atoms with E-state index in [4.69, 9.17) is 0 Å². The second-order valence-electron chi connectivity index (χ2n) is 4.66. The van der Waals surface area contributed by atoms with Crippen LogP contribution < -0.4 is 0 Å². The maximum Gasteiger partial charge on any atom is 0.106 e. The van der Waals surface area contributed by atoms with Crippen LogP contribution in [0.25, 0.3) is 21.8 Å². The predicted molar refractivity (Wildman–Crippen MR) is 82.4 cm³/mol. The quantitative estimate of drug-likeness (QED) is 0.637. The number of fused-ring (bicyclic) bond motifs is 3. The van der Waals surface area contributed by atoms with Crippen molar-refractivity contribution in [3.63, 3.8) is 0 Å². The summed E-state index contributed by atoms with van der Waals surface area (Å²) in [6, 6.07) is 10.8. The van der Waals surface area contributed by atoms with Gasteiger partial charge in [-0.2, -0.15) is 0 Å². The van der Waals surface area contributed by atoms with Crippen LogP contribution in [0.3, 0.4) is 0 Å². The van der Waals surface area contributed by atoms with Gasteiger partial charge in [0.25, 0.3) is 0 Å². The fourth-order valence-corrected chi connectivity index (χ4v) is 3.74. The first kappa shape index (κ1) is 11.4. The van der Waals surface area contributed by atoms with Gasteiger partial charge in [-0.15, -0.1) is 11.3 Å². The van der Waals surface area contributed by atoms with Gasteiger partial charge >= 0.3 is 0 Å². The standard InChI is InChI=1S/C15H11BrN2S/c16-11-4-3-10-5-6-18-9-17-14(13-2-1-7-19-13)15(18)12(10)8-11/h1-4,7-9H,5-6H2. The van der Waals surface area contributed by atoms with Crippen molar-refractivity contribution in [2.24, 2.45) is 0 Å². The van der Waals surface area contributed by atoms with Gasteiger partial charge in [-0.05, 0) is 35.6 Å². The van der Waals surface area contributed by atoms with Crippen molar-refractivity contribution >= 4 is 27.3 Å². The van der Waals surface area contributed by atoms with Crippen LogP contribution in [0.5, 0.6) is 0 Å². The first-order chi connectivity index (χ1) is 9.33. The van der Waals surface area contributed by atoms with Crippen LogP contribution >= 0.6 is 27.3 Å². The fraction of sp³-hybridized carbons (Fsp3) is 0.133. The summed E-state index contributed by atoms with van der Waals surface area (Å²) in [5.41, 5.74) is 5.08. The SMILES string of the molecule is Brc1ccc2c(c1)-c1c(-c3cccs3)ncn1CC2. The molecule has 1 aliphatic heterocycles. The fourth-order valence-electron chi connectivity index (χ4n) is 2.66. The van der Waals surface area contributed by atoms with E-state index in [0.717, 1.165) is 23.1 Å². The summed E-state index contributed by atoms with van der Waals surface area (Å²) >= 11 is 5.32. The molecule has 0 atom stereocenters. The van der Waals surface area contributed by atoms with Crippen molar-refractivity contribution in [2.75, 3.05) is 0 Å². The molecule has 1 aromatic carbocycles. The van der Waals surface area contributed by atoms with Crippen LogP contribution in [0, 0.1) is 0 Å². The van der Waals surface area contributed by atoms with Crippen LogP contribution in [0.2, 0.25) is 0 Å². The smallest absolute Gasteiger partial charge is 0.106 e. The number of imidazole rings is 1. The average molecular weight is 331 g/mol. The van der Waals surface area contributed by atoms with E-state index in [9.17, 15) is 0 Å². The van der Waals surface area contributed by atoms with Gasteiger partial charge in [0, 0.05) is 16.6 Å². The maximum absolute atomic E-state index is 4.63. The highest BCUT2D eigenvalue weighted by atomic mass is 79.9. The van der Waals surface area contributed by atoms with Gasteiger partial charge in [-0.1, -0.05) is 28.1 Å². The lowest BCUT2D eigenvalue weighted by Crippen LogP contribution is -2.09. The molecule has 1 aliphatic rings. The molecular formula is C15H11BrN2S. The Morgan fingerprint density at radius 3 is 3.05 bits per heavy atom. The molecule has 0 saturated carbocycles. The molecule has 2 nitrogen and oxygen atoms in total. The van der Waals surface area contributed by atoms with E-state index in [0.29, 0.717) is 0 Å². The second-order valence-corrected chi connectivity index (χ2v) is 6.53. The zero-order valence-electron chi connectivity index (χ0n) is 10.1. The molecule has 0 fully saturated rings.